The van der Waals surface area contributed by atoms with E-state index >= 15 is 0 Å². The fourth-order valence-electron chi connectivity index (χ4n) is 3.72. The zero-order valence-corrected chi connectivity index (χ0v) is 21.2. The van der Waals surface area contributed by atoms with E-state index in [2.05, 4.69) is 5.32 Å². The van der Waals surface area contributed by atoms with Gasteiger partial charge in [-0.1, -0.05) is 77.8 Å². The van der Waals surface area contributed by atoms with Crippen molar-refractivity contribution in [1.82, 2.24) is 10.2 Å². The van der Waals surface area contributed by atoms with E-state index in [-0.39, 0.29) is 24.8 Å². The van der Waals surface area contributed by atoms with Gasteiger partial charge in [0.05, 0.1) is 6.42 Å². The Morgan fingerprint density at radius 2 is 1.47 bits per heavy atom. The molecular weight excluding hydrogens is 467 g/mol. The van der Waals surface area contributed by atoms with Gasteiger partial charge in [-0.05, 0) is 61.7 Å². The van der Waals surface area contributed by atoms with Gasteiger partial charge in [0.2, 0.25) is 11.8 Å². The van der Waals surface area contributed by atoms with Crippen LogP contribution in [0, 0.1) is 0 Å². The van der Waals surface area contributed by atoms with E-state index < -0.39 is 11.6 Å². The lowest BCUT2D eigenvalue weighted by Crippen LogP contribution is -2.54. The molecule has 0 aliphatic carbocycles. The van der Waals surface area contributed by atoms with Crippen molar-refractivity contribution in [2.75, 3.05) is 0 Å². The minimum atomic E-state index is -0.694. The van der Waals surface area contributed by atoms with E-state index in [4.69, 9.17) is 23.2 Å². The molecule has 0 heterocycles. The van der Waals surface area contributed by atoms with Crippen molar-refractivity contribution in [3.8, 4) is 0 Å². The van der Waals surface area contributed by atoms with Crippen molar-refractivity contribution in [2.45, 2.75) is 51.7 Å². The Bertz CT molecular complexity index is 1110. The van der Waals surface area contributed by atoms with Crippen LogP contribution in [0.3, 0.4) is 0 Å². The molecule has 0 radical (unpaired) electrons. The van der Waals surface area contributed by atoms with Crippen LogP contribution in [-0.2, 0) is 29.0 Å². The maximum Gasteiger partial charge on any atom is 0.243 e. The fraction of sp³-hybridized carbons (Fsp3) is 0.286. The zero-order chi connectivity index (χ0) is 24.7. The van der Waals surface area contributed by atoms with Crippen LogP contribution in [0.25, 0.3) is 0 Å². The second-order valence-corrected chi connectivity index (χ2v) is 10.3. The standard InChI is InChI=1S/C28H30Cl2N2O2/c1-28(2,3)31-27(34)25(17-20-8-5-4-6-9-20)32(19-22-10-7-11-24(30)16-22)26(33)18-21-12-14-23(29)15-13-21/h4-16,25H,17-19H2,1-3H3,(H,31,34)/t25-/m1/s1. The van der Waals surface area contributed by atoms with Gasteiger partial charge in [-0.25, -0.2) is 0 Å². The lowest BCUT2D eigenvalue weighted by atomic mass is 10.00. The summed E-state index contributed by atoms with van der Waals surface area (Å²) in [7, 11) is 0. The average Bonchev–Trinajstić information content (AvgIpc) is 2.77. The summed E-state index contributed by atoms with van der Waals surface area (Å²) in [5, 5.41) is 4.26. The Morgan fingerprint density at radius 1 is 0.824 bits per heavy atom. The Morgan fingerprint density at radius 3 is 2.09 bits per heavy atom. The first-order valence-electron chi connectivity index (χ1n) is 11.2. The second kappa shape index (κ2) is 11.5. The number of carbonyl (C=O) groups is 2. The topological polar surface area (TPSA) is 49.4 Å². The summed E-state index contributed by atoms with van der Waals surface area (Å²) in [4.78, 5) is 28.8. The number of benzene rings is 3. The van der Waals surface area contributed by atoms with Crippen molar-refractivity contribution in [3.05, 3.63) is 106 Å². The second-order valence-electron chi connectivity index (χ2n) is 9.40. The molecule has 0 aliphatic rings. The summed E-state index contributed by atoms with van der Waals surface area (Å²) in [6.45, 7) is 6.06. The maximum absolute atomic E-state index is 13.7. The highest BCUT2D eigenvalue weighted by Gasteiger charge is 2.32. The number of rotatable bonds is 8. The van der Waals surface area contributed by atoms with Crippen molar-refractivity contribution >= 4 is 35.0 Å². The van der Waals surface area contributed by atoms with Gasteiger partial charge in [0.1, 0.15) is 6.04 Å². The number of carbonyl (C=O) groups excluding carboxylic acids is 2. The van der Waals surface area contributed by atoms with Crippen LogP contribution in [0.5, 0.6) is 0 Å². The lowest BCUT2D eigenvalue weighted by molar-refractivity contribution is -0.141. The summed E-state index contributed by atoms with van der Waals surface area (Å²) in [6.07, 6.45) is 0.557. The molecule has 4 nitrogen and oxygen atoms in total. The van der Waals surface area contributed by atoms with Gasteiger partial charge >= 0.3 is 0 Å². The largest absolute Gasteiger partial charge is 0.350 e. The van der Waals surface area contributed by atoms with E-state index in [0.29, 0.717) is 16.5 Å². The minimum absolute atomic E-state index is 0.146. The van der Waals surface area contributed by atoms with E-state index in [1.165, 1.54) is 0 Å². The smallest absolute Gasteiger partial charge is 0.243 e. The predicted molar refractivity (Wildman–Crippen MR) is 139 cm³/mol. The van der Waals surface area contributed by atoms with Crippen LogP contribution in [0.4, 0.5) is 0 Å². The van der Waals surface area contributed by atoms with Crippen molar-refractivity contribution in [3.63, 3.8) is 0 Å². The molecule has 6 heteroatoms. The van der Waals surface area contributed by atoms with Crippen molar-refractivity contribution in [2.24, 2.45) is 0 Å². The Kier molecular flexibility index (Phi) is 8.76. The molecular formula is C28H30Cl2N2O2. The molecule has 178 valence electrons. The zero-order valence-electron chi connectivity index (χ0n) is 19.7. The molecule has 0 aromatic heterocycles. The minimum Gasteiger partial charge on any atom is -0.350 e. The van der Waals surface area contributed by atoms with Gasteiger partial charge in [-0.15, -0.1) is 0 Å². The molecule has 0 fully saturated rings. The monoisotopic (exact) mass is 496 g/mol. The van der Waals surface area contributed by atoms with Gasteiger partial charge in [0, 0.05) is 28.5 Å². The van der Waals surface area contributed by atoms with Crippen LogP contribution < -0.4 is 5.32 Å². The lowest BCUT2D eigenvalue weighted by Gasteiger charge is -2.34. The van der Waals surface area contributed by atoms with Crippen molar-refractivity contribution in [1.29, 1.82) is 0 Å². The SMILES string of the molecule is CC(C)(C)NC(=O)[C@@H](Cc1ccccc1)N(Cc1cccc(Cl)c1)C(=O)Cc1ccc(Cl)cc1. The first-order valence-corrected chi connectivity index (χ1v) is 12.0. The van der Waals surface area contributed by atoms with Crippen LogP contribution in [0.1, 0.15) is 37.5 Å². The van der Waals surface area contributed by atoms with Gasteiger partial charge in [0.15, 0.2) is 0 Å². The molecule has 3 aromatic rings. The van der Waals surface area contributed by atoms with Crippen LogP contribution in [-0.4, -0.2) is 28.3 Å². The third-order valence-electron chi connectivity index (χ3n) is 5.28. The van der Waals surface area contributed by atoms with Gasteiger partial charge < -0.3 is 10.2 Å². The number of hydrogen-bond acceptors (Lipinski definition) is 2. The predicted octanol–water partition coefficient (Wildman–Crippen LogP) is 6.09. The average molecular weight is 497 g/mol. The molecule has 0 saturated carbocycles. The highest BCUT2D eigenvalue weighted by Crippen LogP contribution is 2.20. The molecule has 3 rings (SSSR count). The molecule has 0 saturated heterocycles. The molecule has 0 spiro atoms. The summed E-state index contributed by atoms with van der Waals surface area (Å²) in [5.41, 5.74) is 2.23. The number of amides is 2. The van der Waals surface area contributed by atoms with Gasteiger partial charge in [-0.2, -0.15) is 0 Å². The summed E-state index contributed by atoms with van der Waals surface area (Å²) in [5.74, 6) is -0.338. The van der Waals surface area contributed by atoms with Gasteiger partial charge in [0.25, 0.3) is 0 Å². The maximum atomic E-state index is 13.7. The molecule has 3 aromatic carbocycles. The highest BCUT2D eigenvalue weighted by molar-refractivity contribution is 6.30. The van der Waals surface area contributed by atoms with Gasteiger partial charge in [-0.3, -0.25) is 9.59 Å². The van der Waals surface area contributed by atoms with E-state index in [0.717, 1.165) is 16.7 Å². The normalized spacial score (nSPS) is 12.1. The Labute approximate surface area is 211 Å². The molecule has 0 unspecified atom stereocenters. The van der Waals surface area contributed by atoms with Crippen LogP contribution >= 0.6 is 23.2 Å². The summed E-state index contributed by atoms with van der Waals surface area (Å²) >= 11 is 12.2. The molecule has 0 bridgehead atoms. The van der Waals surface area contributed by atoms with Crippen molar-refractivity contribution < 1.29 is 9.59 Å². The molecule has 2 amide bonds. The number of halogens is 2. The highest BCUT2D eigenvalue weighted by atomic mass is 35.5. The third-order valence-corrected chi connectivity index (χ3v) is 5.77. The Balaban J connectivity index is 1.98. The number of nitrogens with one attached hydrogen (secondary N) is 1. The number of nitrogens with zero attached hydrogens (tertiary/aromatic N) is 1. The van der Waals surface area contributed by atoms with Crippen LogP contribution in [0.2, 0.25) is 10.0 Å². The third kappa shape index (κ3) is 7.89. The fourth-order valence-corrected chi connectivity index (χ4v) is 4.06. The van der Waals surface area contributed by atoms with E-state index in [9.17, 15) is 9.59 Å². The quantitative estimate of drug-likeness (QED) is 0.410. The molecule has 34 heavy (non-hydrogen) atoms. The number of hydrogen-bond donors (Lipinski definition) is 1. The molecule has 0 aliphatic heterocycles. The molecule has 1 atom stereocenters. The first kappa shape index (κ1) is 25.8. The van der Waals surface area contributed by atoms with Crippen LogP contribution in [0.15, 0.2) is 78.9 Å². The van der Waals surface area contributed by atoms with E-state index in [1.807, 2.05) is 81.4 Å². The summed E-state index contributed by atoms with van der Waals surface area (Å²) in [6, 6.07) is 23.6. The Hall–Kier alpha value is -2.82. The summed E-state index contributed by atoms with van der Waals surface area (Å²) < 4.78 is 0. The molecule has 1 N–H and O–H groups in total. The first-order chi connectivity index (χ1) is 16.1. The van der Waals surface area contributed by atoms with E-state index in [1.54, 1.807) is 23.1 Å².